The van der Waals surface area contributed by atoms with E-state index in [9.17, 15) is 9.59 Å². The van der Waals surface area contributed by atoms with Crippen LogP contribution >= 0.6 is 0 Å². The first-order chi connectivity index (χ1) is 14.5. The fraction of sp³-hybridized carbons (Fsp3) is 0.565. The maximum Gasteiger partial charge on any atom is 0.277 e. The average Bonchev–Trinajstić information content (AvgIpc) is 2.99. The zero-order chi connectivity index (χ0) is 21.1. The van der Waals surface area contributed by atoms with E-state index < -0.39 is 0 Å². The van der Waals surface area contributed by atoms with Gasteiger partial charge in [-0.25, -0.2) is 0 Å². The minimum absolute atomic E-state index is 0.0107. The molecule has 2 amide bonds. The van der Waals surface area contributed by atoms with Crippen molar-refractivity contribution in [2.45, 2.75) is 32.5 Å². The number of nitrogens with zero attached hydrogens (tertiary/aromatic N) is 3. The number of carbonyl (C=O) groups excluding carboxylic acids is 2. The van der Waals surface area contributed by atoms with Crippen LogP contribution in [0.15, 0.2) is 36.0 Å². The highest BCUT2D eigenvalue weighted by molar-refractivity contribution is 6.35. The number of rotatable bonds is 6. The van der Waals surface area contributed by atoms with Crippen molar-refractivity contribution in [1.82, 2.24) is 14.7 Å². The molecule has 7 heteroatoms. The Morgan fingerprint density at radius 3 is 2.27 bits per heavy atom. The number of carbonyl (C=O) groups is 2. The molecule has 2 atom stereocenters. The highest BCUT2D eigenvalue weighted by Crippen LogP contribution is 2.33. The summed E-state index contributed by atoms with van der Waals surface area (Å²) in [6.45, 7) is 9.84. The van der Waals surface area contributed by atoms with Crippen LogP contribution in [0.2, 0.25) is 0 Å². The lowest BCUT2D eigenvalue weighted by Crippen LogP contribution is -2.47. The van der Waals surface area contributed by atoms with Crippen LogP contribution in [0.5, 0.6) is 0 Å². The normalized spacial score (nSPS) is 26.1. The molecule has 1 aromatic carbocycles. The predicted molar refractivity (Wildman–Crippen MR) is 114 cm³/mol. The van der Waals surface area contributed by atoms with Gasteiger partial charge in [-0.1, -0.05) is 30.3 Å². The minimum Gasteiger partial charge on any atom is -0.379 e. The molecule has 3 aliphatic rings. The lowest BCUT2D eigenvalue weighted by molar-refractivity contribution is -0.138. The first-order valence-corrected chi connectivity index (χ1v) is 10.9. The molecule has 2 unspecified atom stereocenters. The van der Waals surface area contributed by atoms with Gasteiger partial charge in [0.1, 0.15) is 5.70 Å². The maximum atomic E-state index is 13.4. The summed E-state index contributed by atoms with van der Waals surface area (Å²) in [5.41, 5.74) is 1.85. The predicted octanol–water partition coefficient (Wildman–Crippen LogP) is 1.60. The smallest absolute Gasteiger partial charge is 0.277 e. The van der Waals surface area contributed by atoms with Crippen molar-refractivity contribution in [3.8, 4) is 0 Å². The second-order valence-electron chi connectivity index (χ2n) is 8.32. The van der Waals surface area contributed by atoms with Crippen molar-refractivity contribution >= 4 is 17.4 Å². The van der Waals surface area contributed by atoms with Crippen molar-refractivity contribution < 1.29 is 19.1 Å². The summed E-state index contributed by atoms with van der Waals surface area (Å²) in [6.07, 6.45) is 0.788. The van der Waals surface area contributed by atoms with E-state index >= 15 is 0 Å². The van der Waals surface area contributed by atoms with Gasteiger partial charge in [0.25, 0.3) is 11.8 Å². The Morgan fingerprint density at radius 1 is 0.933 bits per heavy atom. The molecule has 0 N–H and O–H groups in total. The Bertz CT molecular complexity index is 794. The van der Waals surface area contributed by atoms with Crippen LogP contribution in [-0.2, 0) is 19.1 Å². The van der Waals surface area contributed by atoms with Crippen molar-refractivity contribution in [3.05, 3.63) is 41.6 Å². The van der Waals surface area contributed by atoms with Crippen molar-refractivity contribution in [1.29, 1.82) is 0 Å². The summed E-state index contributed by atoms with van der Waals surface area (Å²) in [5, 5.41) is 0. The molecule has 3 heterocycles. The van der Waals surface area contributed by atoms with Gasteiger partial charge in [0.2, 0.25) is 0 Å². The van der Waals surface area contributed by atoms with Crippen LogP contribution in [0.25, 0.3) is 5.57 Å². The van der Waals surface area contributed by atoms with E-state index in [1.807, 2.05) is 49.1 Å². The SMILES string of the molecule is CC1CN(C2=C(c3ccccc3)C(=O)N(CCCN3CCOCC3)C2=O)CC(C)O1. The second kappa shape index (κ2) is 9.29. The van der Waals surface area contributed by atoms with Gasteiger partial charge in [0.15, 0.2) is 0 Å². The molecule has 2 fully saturated rings. The minimum atomic E-state index is -0.185. The summed E-state index contributed by atoms with van der Waals surface area (Å²) in [4.78, 5) is 32.6. The van der Waals surface area contributed by atoms with Crippen molar-refractivity contribution in [2.24, 2.45) is 0 Å². The van der Waals surface area contributed by atoms with Crippen LogP contribution in [-0.4, -0.2) is 91.2 Å². The third kappa shape index (κ3) is 4.43. The molecule has 0 aliphatic carbocycles. The summed E-state index contributed by atoms with van der Waals surface area (Å²) < 4.78 is 11.2. The molecule has 3 aliphatic heterocycles. The molecule has 30 heavy (non-hydrogen) atoms. The van der Waals surface area contributed by atoms with Crippen molar-refractivity contribution in [2.75, 3.05) is 52.5 Å². The van der Waals surface area contributed by atoms with Gasteiger partial charge in [-0.15, -0.1) is 0 Å². The number of ether oxygens (including phenoxy) is 2. The molecule has 0 saturated carbocycles. The molecule has 0 aromatic heterocycles. The zero-order valence-electron chi connectivity index (χ0n) is 17.9. The number of hydrogen-bond acceptors (Lipinski definition) is 6. The molecule has 1 aromatic rings. The van der Waals surface area contributed by atoms with Gasteiger partial charge >= 0.3 is 0 Å². The molecular weight excluding hydrogens is 382 g/mol. The fourth-order valence-electron chi connectivity index (χ4n) is 4.56. The Hall–Kier alpha value is -2.22. The Labute approximate surface area is 178 Å². The lowest BCUT2D eigenvalue weighted by Gasteiger charge is -2.37. The highest BCUT2D eigenvalue weighted by Gasteiger charge is 2.42. The van der Waals surface area contributed by atoms with Crippen LogP contribution in [0, 0.1) is 0 Å². The van der Waals surface area contributed by atoms with Gasteiger partial charge in [0.05, 0.1) is 31.0 Å². The molecule has 7 nitrogen and oxygen atoms in total. The number of benzene rings is 1. The summed E-state index contributed by atoms with van der Waals surface area (Å²) in [6, 6.07) is 9.55. The molecule has 2 saturated heterocycles. The summed E-state index contributed by atoms with van der Waals surface area (Å²) in [5.74, 6) is -0.364. The van der Waals surface area contributed by atoms with Gasteiger partial charge in [-0.2, -0.15) is 0 Å². The number of hydrogen-bond donors (Lipinski definition) is 0. The Kier molecular flexibility index (Phi) is 6.51. The first-order valence-electron chi connectivity index (χ1n) is 10.9. The van der Waals surface area contributed by atoms with Gasteiger partial charge in [-0.05, 0) is 25.8 Å². The van der Waals surface area contributed by atoms with Crippen LogP contribution in [0.4, 0.5) is 0 Å². The van der Waals surface area contributed by atoms with E-state index in [2.05, 4.69) is 4.90 Å². The van der Waals surface area contributed by atoms with E-state index in [-0.39, 0.29) is 24.0 Å². The molecule has 0 bridgehead atoms. The number of amides is 2. The van der Waals surface area contributed by atoms with E-state index in [1.165, 1.54) is 4.90 Å². The lowest BCUT2D eigenvalue weighted by atomic mass is 10.0. The van der Waals surface area contributed by atoms with Gasteiger partial charge in [-0.3, -0.25) is 19.4 Å². The molecular formula is C23H31N3O4. The third-order valence-electron chi connectivity index (χ3n) is 5.90. The molecule has 162 valence electrons. The first kappa shape index (κ1) is 21.0. The van der Waals surface area contributed by atoms with Gasteiger partial charge in [0, 0.05) is 39.3 Å². The van der Waals surface area contributed by atoms with E-state index in [0.717, 1.165) is 44.8 Å². The standard InChI is InChI=1S/C23H31N3O4/c1-17-15-25(16-18(2)30-17)21-20(19-7-4-3-5-8-19)22(27)26(23(21)28)10-6-9-24-11-13-29-14-12-24/h3-5,7-8,17-18H,6,9-16H2,1-2H3. The quantitative estimate of drug-likeness (QED) is 0.660. The van der Waals surface area contributed by atoms with E-state index in [1.54, 1.807) is 0 Å². The highest BCUT2D eigenvalue weighted by atomic mass is 16.5. The monoisotopic (exact) mass is 413 g/mol. The van der Waals surface area contributed by atoms with Crippen molar-refractivity contribution in [3.63, 3.8) is 0 Å². The molecule has 0 radical (unpaired) electrons. The van der Waals surface area contributed by atoms with Crippen LogP contribution in [0.3, 0.4) is 0 Å². The molecule has 0 spiro atoms. The number of morpholine rings is 2. The van der Waals surface area contributed by atoms with E-state index in [4.69, 9.17) is 9.47 Å². The van der Waals surface area contributed by atoms with Crippen LogP contribution < -0.4 is 0 Å². The number of imide groups is 1. The fourth-order valence-corrected chi connectivity index (χ4v) is 4.56. The van der Waals surface area contributed by atoms with E-state index in [0.29, 0.717) is 30.9 Å². The molecule has 4 rings (SSSR count). The van der Waals surface area contributed by atoms with Crippen LogP contribution in [0.1, 0.15) is 25.8 Å². The Morgan fingerprint density at radius 2 is 1.60 bits per heavy atom. The summed E-state index contributed by atoms with van der Waals surface area (Å²) >= 11 is 0. The topological polar surface area (TPSA) is 62.3 Å². The largest absolute Gasteiger partial charge is 0.379 e. The third-order valence-corrected chi connectivity index (χ3v) is 5.90. The zero-order valence-corrected chi connectivity index (χ0v) is 17.9. The van der Waals surface area contributed by atoms with Gasteiger partial charge < -0.3 is 14.4 Å². The maximum absolute atomic E-state index is 13.4. The second-order valence-corrected chi connectivity index (χ2v) is 8.32. The average molecular weight is 414 g/mol. The summed E-state index contributed by atoms with van der Waals surface area (Å²) in [7, 11) is 0. The Balaban J connectivity index is 1.55.